The maximum Gasteiger partial charge on any atom is 0.322 e. The lowest BCUT2D eigenvalue weighted by Crippen LogP contribution is -2.29. The highest BCUT2D eigenvalue weighted by atomic mass is 79.9. The Morgan fingerprint density at radius 3 is 1.93 bits per heavy atom. The number of carbonyl (C=O) groups excluding carboxylic acids is 3. The molecule has 0 bridgehead atoms. The molecule has 1 unspecified atom stereocenters. The summed E-state index contributed by atoms with van der Waals surface area (Å²) in [5.74, 6) is 0.869. The van der Waals surface area contributed by atoms with E-state index in [-0.39, 0.29) is 36.8 Å². The van der Waals surface area contributed by atoms with Gasteiger partial charge in [0.25, 0.3) is 5.91 Å². The van der Waals surface area contributed by atoms with Crippen LogP contribution in [0.3, 0.4) is 0 Å². The van der Waals surface area contributed by atoms with Crippen LogP contribution in [-0.2, 0) is 14.3 Å². The van der Waals surface area contributed by atoms with Gasteiger partial charge in [-0.3, -0.25) is 14.4 Å². The van der Waals surface area contributed by atoms with Crippen LogP contribution >= 0.6 is 39.5 Å². The average Bonchev–Trinajstić information content (AvgIpc) is 2.99. The highest BCUT2D eigenvalue weighted by molar-refractivity contribution is 9.10. The number of esters is 1. The molecule has 0 aliphatic carbocycles. The summed E-state index contributed by atoms with van der Waals surface area (Å²) >= 11 is 6.72. The van der Waals surface area contributed by atoms with Crippen molar-refractivity contribution in [3.63, 3.8) is 0 Å². The zero-order chi connectivity index (χ0) is 31.2. The Labute approximate surface area is 272 Å². The molecule has 1 atom stereocenters. The third-order valence-corrected chi connectivity index (χ3v) is 9.05. The van der Waals surface area contributed by atoms with Gasteiger partial charge in [0.2, 0.25) is 0 Å². The van der Waals surface area contributed by atoms with Crippen molar-refractivity contribution in [2.45, 2.75) is 48.2 Å². The number of ether oxygens (including phenoxy) is 2. The van der Waals surface area contributed by atoms with Gasteiger partial charge in [0.1, 0.15) is 10.9 Å². The smallest absolute Gasteiger partial charge is 0.322 e. The molecule has 0 aliphatic heterocycles. The van der Waals surface area contributed by atoms with Crippen molar-refractivity contribution in [3.8, 4) is 0 Å². The van der Waals surface area contributed by atoms with E-state index in [1.54, 1.807) is 61.6 Å². The van der Waals surface area contributed by atoms with Crippen molar-refractivity contribution in [3.05, 3.63) is 95.1 Å². The third-order valence-electron chi connectivity index (χ3n) is 6.51. The summed E-state index contributed by atoms with van der Waals surface area (Å²) in [5, 5.41) is 2.81. The second-order valence-corrected chi connectivity index (χ2v) is 14.9. The second kappa shape index (κ2) is 17.6. The fraction of sp³-hybridized carbons (Fsp3) is 0.382. The predicted molar refractivity (Wildman–Crippen MR) is 180 cm³/mol. The van der Waals surface area contributed by atoms with Gasteiger partial charge in [-0.1, -0.05) is 63.5 Å². The zero-order valence-corrected chi connectivity index (χ0v) is 28.4. The first-order valence-corrected chi connectivity index (χ1v) is 17.0. The maximum atomic E-state index is 13.6. The largest absolute Gasteiger partial charge is 0.462 e. The Balaban J connectivity index is 1.50. The standard InChI is InChI=1S/C34H40BrNO5S2/c1-24-5-13-29(14-6-24)42-22-17-28(23-43-30-15-7-25(2)8-16-30)31(37)26-9-11-27(12-10-26)32(38)36-18-19-40-20-21-41-33(39)34(3,4)35/h5-16,28H,17-23H2,1-4H3,(H,36,38). The molecular weight excluding hydrogens is 646 g/mol. The molecule has 3 rings (SSSR count). The van der Waals surface area contributed by atoms with E-state index in [2.05, 4.69) is 83.6 Å². The molecule has 0 aliphatic rings. The minimum atomic E-state index is -0.733. The number of Topliss-reactive ketones (excluding diaryl/α,β-unsaturated/α-hetero) is 1. The second-order valence-electron chi connectivity index (χ2n) is 10.7. The molecule has 9 heteroatoms. The topological polar surface area (TPSA) is 81.7 Å². The van der Waals surface area contributed by atoms with Crippen molar-refractivity contribution >= 4 is 57.1 Å². The van der Waals surface area contributed by atoms with E-state index in [0.29, 0.717) is 30.0 Å². The predicted octanol–water partition coefficient (Wildman–Crippen LogP) is 7.54. The van der Waals surface area contributed by atoms with Crippen LogP contribution in [0.5, 0.6) is 0 Å². The molecule has 0 fully saturated rings. The number of benzene rings is 3. The maximum absolute atomic E-state index is 13.6. The molecule has 0 saturated heterocycles. The van der Waals surface area contributed by atoms with E-state index < -0.39 is 4.32 Å². The van der Waals surface area contributed by atoms with Crippen LogP contribution in [0.1, 0.15) is 52.1 Å². The van der Waals surface area contributed by atoms with Crippen molar-refractivity contribution in [1.29, 1.82) is 0 Å². The van der Waals surface area contributed by atoms with Crippen LogP contribution in [0, 0.1) is 19.8 Å². The lowest BCUT2D eigenvalue weighted by molar-refractivity contribution is -0.146. The number of rotatable bonds is 17. The van der Waals surface area contributed by atoms with Crippen LogP contribution < -0.4 is 5.32 Å². The fourth-order valence-electron chi connectivity index (χ4n) is 3.90. The van der Waals surface area contributed by atoms with E-state index in [1.807, 2.05) is 0 Å². The average molecular weight is 687 g/mol. The molecule has 3 aromatic carbocycles. The number of halogens is 1. The van der Waals surface area contributed by atoms with Gasteiger partial charge < -0.3 is 14.8 Å². The van der Waals surface area contributed by atoms with E-state index in [4.69, 9.17) is 9.47 Å². The number of ketones is 1. The summed E-state index contributed by atoms with van der Waals surface area (Å²) in [5.41, 5.74) is 3.52. The number of carbonyl (C=O) groups is 3. The van der Waals surface area contributed by atoms with Crippen LogP contribution in [0.4, 0.5) is 0 Å². The number of thioether (sulfide) groups is 2. The van der Waals surface area contributed by atoms with Crippen LogP contribution in [0.15, 0.2) is 82.6 Å². The van der Waals surface area contributed by atoms with Crippen LogP contribution in [-0.4, -0.2) is 59.9 Å². The Kier molecular flexibility index (Phi) is 14.3. The first kappa shape index (κ1) is 34.9. The van der Waals surface area contributed by atoms with Gasteiger partial charge in [-0.2, -0.15) is 0 Å². The van der Waals surface area contributed by atoms with Crippen LogP contribution in [0.2, 0.25) is 0 Å². The Hall–Kier alpha value is -2.59. The third kappa shape index (κ3) is 12.5. The summed E-state index contributed by atoms with van der Waals surface area (Å²) in [4.78, 5) is 40.3. The van der Waals surface area contributed by atoms with E-state index in [1.165, 1.54) is 16.0 Å². The summed E-state index contributed by atoms with van der Waals surface area (Å²) < 4.78 is 9.81. The molecule has 0 heterocycles. The molecule has 0 radical (unpaired) electrons. The first-order valence-electron chi connectivity index (χ1n) is 14.3. The molecule has 1 amide bonds. The molecule has 0 saturated carbocycles. The Morgan fingerprint density at radius 1 is 0.791 bits per heavy atom. The summed E-state index contributed by atoms with van der Waals surface area (Å²) in [6, 6.07) is 23.7. The van der Waals surface area contributed by atoms with Gasteiger partial charge in [0.05, 0.1) is 13.2 Å². The number of alkyl halides is 1. The van der Waals surface area contributed by atoms with E-state index >= 15 is 0 Å². The van der Waals surface area contributed by atoms with Gasteiger partial charge in [-0.25, -0.2) is 0 Å². The van der Waals surface area contributed by atoms with Gasteiger partial charge in [-0.15, -0.1) is 23.5 Å². The molecule has 0 spiro atoms. The monoisotopic (exact) mass is 685 g/mol. The SMILES string of the molecule is Cc1ccc(SCCC(CSc2ccc(C)cc2)C(=O)c2ccc(C(=O)NCCOCCOC(=O)C(C)(C)Br)cc2)cc1. The van der Waals surface area contributed by atoms with Gasteiger partial charge >= 0.3 is 5.97 Å². The molecule has 230 valence electrons. The quantitative estimate of drug-likeness (QED) is 0.0517. The van der Waals surface area contributed by atoms with Crippen LogP contribution in [0.25, 0.3) is 0 Å². The van der Waals surface area contributed by atoms with Crippen molar-refractivity contribution in [1.82, 2.24) is 5.32 Å². The molecule has 1 N–H and O–H groups in total. The zero-order valence-electron chi connectivity index (χ0n) is 25.2. The summed E-state index contributed by atoms with van der Waals surface area (Å²) in [6.07, 6.45) is 0.756. The van der Waals surface area contributed by atoms with Gasteiger partial charge in [0.15, 0.2) is 5.78 Å². The lowest BCUT2D eigenvalue weighted by Gasteiger charge is -2.16. The molecule has 43 heavy (non-hydrogen) atoms. The number of amides is 1. The fourth-order valence-corrected chi connectivity index (χ4v) is 6.02. The lowest BCUT2D eigenvalue weighted by atomic mass is 9.96. The van der Waals surface area contributed by atoms with Crippen molar-refractivity contribution in [2.75, 3.05) is 37.9 Å². The Morgan fingerprint density at radius 2 is 1.35 bits per heavy atom. The molecule has 0 aromatic heterocycles. The minimum Gasteiger partial charge on any atom is -0.462 e. The van der Waals surface area contributed by atoms with Gasteiger partial charge in [0, 0.05) is 39.1 Å². The highest BCUT2D eigenvalue weighted by Gasteiger charge is 2.25. The normalized spacial score (nSPS) is 12.0. The van der Waals surface area contributed by atoms with Crippen molar-refractivity contribution < 1.29 is 23.9 Å². The molecular formula is C34H40BrNO5S2. The number of hydrogen-bond acceptors (Lipinski definition) is 7. The van der Waals surface area contributed by atoms with E-state index in [9.17, 15) is 14.4 Å². The Bertz CT molecular complexity index is 1320. The van der Waals surface area contributed by atoms with E-state index in [0.717, 1.165) is 17.1 Å². The van der Waals surface area contributed by atoms with Crippen molar-refractivity contribution in [2.24, 2.45) is 5.92 Å². The number of aryl methyl sites for hydroxylation is 2. The molecule has 6 nitrogen and oxygen atoms in total. The highest BCUT2D eigenvalue weighted by Crippen LogP contribution is 2.28. The summed E-state index contributed by atoms with van der Waals surface area (Å²) in [7, 11) is 0. The molecule has 3 aromatic rings. The first-order chi connectivity index (χ1) is 20.5. The number of nitrogens with one attached hydrogen (secondary N) is 1. The number of hydrogen-bond donors (Lipinski definition) is 1. The summed E-state index contributed by atoms with van der Waals surface area (Å²) in [6.45, 7) is 8.56. The van der Waals surface area contributed by atoms with Gasteiger partial charge in [-0.05, 0) is 76.3 Å². The minimum absolute atomic E-state index is 0.0912.